The topological polar surface area (TPSA) is 170 Å². The minimum absolute atomic E-state index is 0.0516. The number of alkyl halides is 3. The molecule has 1 aromatic carbocycles. The van der Waals surface area contributed by atoms with Gasteiger partial charge in [-0.15, -0.1) is 5.10 Å². The normalized spacial score (nSPS) is 12.2. The third-order valence-electron chi connectivity index (χ3n) is 5.10. The molecule has 0 radical (unpaired) electrons. The first-order valence-electron chi connectivity index (χ1n) is 11.0. The molecule has 3 heterocycles. The number of aliphatic carboxylic acids is 1. The fourth-order valence-corrected chi connectivity index (χ4v) is 3.74. The summed E-state index contributed by atoms with van der Waals surface area (Å²) in [6.45, 7) is 4.37. The van der Waals surface area contributed by atoms with Crippen LogP contribution in [-0.2, 0) is 11.3 Å². The molecule has 0 fully saturated rings. The number of nitrogen functional groups attached to an aromatic ring is 1. The largest absolute Gasteiger partial charge is 0.491 e. The lowest BCUT2D eigenvalue weighted by molar-refractivity contribution is -0.192. The molecule has 4 aromatic rings. The van der Waals surface area contributed by atoms with Crippen LogP contribution < -0.4 is 15.8 Å². The van der Waals surface area contributed by atoms with Gasteiger partial charge in [-0.2, -0.15) is 18.3 Å². The number of aliphatic hydroxyl groups is 1. The van der Waals surface area contributed by atoms with Crippen LogP contribution in [0.1, 0.15) is 35.8 Å². The van der Waals surface area contributed by atoms with Crippen molar-refractivity contribution in [2.24, 2.45) is 0 Å². The van der Waals surface area contributed by atoms with Gasteiger partial charge in [-0.1, -0.05) is 11.6 Å². The van der Waals surface area contributed by atoms with Crippen LogP contribution in [0.15, 0.2) is 30.7 Å². The van der Waals surface area contributed by atoms with E-state index in [9.17, 15) is 23.1 Å². The number of aromatic nitrogens is 5. The molecule has 5 N–H and O–H groups in total. The number of ether oxygens (including phenoxy) is 1. The molecule has 16 heteroatoms. The second-order valence-electron chi connectivity index (χ2n) is 7.73. The molecule has 0 spiro atoms. The van der Waals surface area contributed by atoms with Crippen LogP contribution in [0, 0.1) is 0 Å². The number of hydrogen-bond donors (Lipinski definition) is 4. The van der Waals surface area contributed by atoms with Gasteiger partial charge in [0.1, 0.15) is 11.1 Å². The number of anilines is 1. The number of rotatable bonds is 7. The smallest absolute Gasteiger partial charge is 0.490 e. The first-order valence-corrected chi connectivity index (χ1v) is 11.4. The maximum Gasteiger partial charge on any atom is 0.490 e. The second kappa shape index (κ2) is 11.5. The zero-order valence-electron chi connectivity index (χ0n) is 20.0. The van der Waals surface area contributed by atoms with Crippen molar-refractivity contribution in [3.8, 4) is 5.75 Å². The maximum atomic E-state index is 13.0. The predicted molar refractivity (Wildman–Crippen MR) is 130 cm³/mol. The third-order valence-corrected chi connectivity index (χ3v) is 5.42. The van der Waals surface area contributed by atoms with Gasteiger partial charge in [0.15, 0.2) is 17.2 Å². The lowest BCUT2D eigenvalue weighted by atomic mass is 10.0. The number of nitrogens with zero attached hydrogens (tertiary/aromatic N) is 5. The van der Waals surface area contributed by atoms with E-state index in [0.29, 0.717) is 46.0 Å². The molecule has 204 valence electrons. The van der Waals surface area contributed by atoms with Crippen molar-refractivity contribution < 1.29 is 37.7 Å². The third kappa shape index (κ3) is 6.06. The monoisotopic (exact) mass is 557 g/mol. The summed E-state index contributed by atoms with van der Waals surface area (Å²) in [5, 5.41) is 29.1. The highest BCUT2D eigenvalue weighted by Gasteiger charge is 2.38. The van der Waals surface area contributed by atoms with Crippen LogP contribution >= 0.6 is 11.6 Å². The Morgan fingerprint density at radius 2 is 2.00 bits per heavy atom. The molecule has 1 amide bonds. The van der Waals surface area contributed by atoms with Gasteiger partial charge in [0.25, 0.3) is 5.91 Å². The van der Waals surface area contributed by atoms with Gasteiger partial charge in [0.05, 0.1) is 30.8 Å². The number of aliphatic hydroxyl groups excluding tert-OH is 1. The Balaban J connectivity index is 0.000000505. The number of carboxylic acids is 1. The molecule has 12 nitrogen and oxygen atoms in total. The molecular weight excluding hydrogens is 535 g/mol. The van der Waals surface area contributed by atoms with E-state index in [1.165, 1.54) is 4.52 Å². The van der Waals surface area contributed by atoms with Crippen LogP contribution in [0.3, 0.4) is 0 Å². The Morgan fingerprint density at radius 3 is 2.61 bits per heavy atom. The molecule has 1 unspecified atom stereocenters. The molecule has 3 aromatic heterocycles. The lowest BCUT2D eigenvalue weighted by Crippen LogP contribution is -2.27. The van der Waals surface area contributed by atoms with Crippen LogP contribution in [0.2, 0.25) is 5.02 Å². The molecule has 0 saturated heterocycles. The summed E-state index contributed by atoms with van der Waals surface area (Å²) in [4.78, 5) is 26.1. The Hall–Kier alpha value is -4.11. The van der Waals surface area contributed by atoms with Crippen molar-refractivity contribution in [3.05, 3.63) is 46.9 Å². The van der Waals surface area contributed by atoms with Gasteiger partial charge in [-0.25, -0.2) is 14.3 Å². The highest BCUT2D eigenvalue weighted by molar-refractivity contribution is 6.35. The molecular formula is C22H23ClF3N7O5. The Morgan fingerprint density at radius 1 is 1.32 bits per heavy atom. The summed E-state index contributed by atoms with van der Waals surface area (Å²) in [7, 11) is 0. The van der Waals surface area contributed by atoms with E-state index in [-0.39, 0.29) is 18.0 Å². The second-order valence-corrected chi connectivity index (χ2v) is 8.14. The highest BCUT2D eigenvalue weighted by Crippen LogP contribution is 2.38. The molecule has 38 heavy (non-hydrogen) atoms. The lowest BCUT2D eigenvalue weighted by Gasteiger charge is -2.19. The van der Waals surface area contributed by atoms with E-state index in [4.69, 9.17) is 32.0 Å². The summed E-state index contributed by atoms with van der Waals surface area (Å²) >= 11 is 6.50. The van der Waals surface area contributed by atoms with E-state index in [0.717, 1.165) is 0 Å². The number of carbonyl (C=O) groups is 2. The Labute approximate surface area is 217 Å². The summed E-state index contributed by atoms with van der Waals surface area (Å²) in [6, 6.07) is 2.98. The minimum Gasteiger partial charge on any atom is -0.491 e. The van der Waals surface area contributed by atoms with Crippen molar-refractivity contribution in [2.75, 3.05) is 18.9 Å². The number of amides is 1. The molecule has 1 atom stereocenters. The first kappa shape index (κ1) is 28.5. The molecule has 0 saturated carbocycles. The number of nitrogens with two attached hydrogens (primary N) is 1. The molecule has 0 aliphatic carbocycles. The number of halogens is 4. The number of carboxylic acid groups (broad SMARTS) is 1. The van der Waals surface area contributed by atoms with Crippen molar-refractivity contribution >= 4 is 45.8 Å². The number of fused-ring (bicyclic) bond motifs is 2. The Bertz CT molecular complexity index is 1470. The predicted octanol–water partition coefficient (Wildman–Crippen LogP) is 2.83. The molecule has 0 aliphatic heterocycles. The summed E-state index contributed by atoms with van der Waals surface area (Å²) in [6.07, 6.45) is -0.0857. The van der Waals surface area contributed by atoms with Gasteiger partial charge >= 0.3 is 12.1 Å². The molecule has 4 rings (SSSR count). The van der Waals surface area contributed by atoms with E-state index < -0.39 is 24.1 Å². The average Bonchev–Trinajstić information content (AvgIpc) is 3.41. The van der Waals surface area contributed by atoms with Gasteiger partial charge in [-0.05, 0) is 26.0 Å². The maximum absolute atomic E-state index is 13.0. The summed E-state index contributed by atoms with van der Waals surface area (Å²) in [5.41, 5.74) is 7.77. The van der Waals surface area contributed by atoms with Gasteiger partial charge < -0.3 is 26.0 Å². The fraction of sp³-hybridized carbons (Fsp3) is 0.318. The first-order chi connectivity index (χ1) is 17.9. The van der Waals surface area contributed by atoms with Crippen molar-refractivity contribution in [1.29, 1.82) is 0 Å². The highest BCUT2D eigenvalue weighted by atomic mass is 35.5. The minimum atomic E-state index is -5.08. The number of benzene rings is 1. The number of carbonyl (C=O) groups excluding carboxylic acids is 1. The number of hydrogen-bond acceptors (Lipinski definition) is 8. The van der Waals surface area contributed by atoms with Crippen molar-refractivity contribution in [1.82, 2.24) is 29.7 Å². The quantitative estimate of drug-likeness (QED) is 0.267. The van der Waals surface area contributed by atoms with Crippen LogP contribution in [-0.4, -0.2) is 65.9 Å². The van der Waals surface area contributed by atoms with Gasteiger partial charge in [-0.3, -0.25) is 9.48 Å². The molecule has 0 bridgehead atoms. The SMILES string of the molecule is CCOc1c(C(C)NC(=O)c2c(N)nn3cccnc23)cc(Cl)c2cn(CCO)nc12.O=C(O)C(F)(F)F. The van der Waals surface area contributed by atoms with E-state index in [1.807, 2.05) is 13.8 Å². The zero-order valence-corrected chi connectivity index (χ0v) is 20.8. The zero-order chi connectivity index (χ0) is 28.2. The van der Waals surface area contributed by atoms with E-state index >= 15 is 0 Å². The van der Waals surface area contributed by atoms with Crippen molar-refractivity contribution in [2.45, 2.75) is 32.6 Å². The standard InChI is InChI=1S/C20H22ClN7O3.C2HF3O2/c1-3-31-17-12(9-14(21)13-10-27(7-8-29)25-16(13)17)11(2)24-20(30)15-18(22)26-28-6-4-5-23-19(15)28;3-2(4,5)1(6)7/h4-6,9-11,29H,3,7-8H2,1-2H3,(H2,22,26)(H,24,30);(H,6,7). The van der Waals surface area contributed by atoms with E-state index in [2.05, 4.69) is 20.5 Å². The summed E-state index contributed by atoms with van der Waals surface area (Å²) < 4.78 is 40.7. The van der Waals surface area contributed by atoms with Crippen LogP contribution in [0.25, 0.3) is 16.6 Å². The van der Waals surface area contributed by atoms with Gasteiger partial charge in [0.2, 0.25) is 0 Å². The van der Waals surface area contributed by atoms with Crippen LogP contribution in [0.4, 0.5) is 19.0 Å². The average molecular weight is 558 g/mol. The van der Waals surface area contributed by atoms with E-state index in [1.54, 1.807) is 35.4 Å². The van der Waals surface area contributed by atoms with Crippen LogP contribution in [0.5, 0.6) is 5.75 Å². The summed E-state index contributed by atoms with van der Waals surface area (Å²) in [5.74, 6) is -2.56. The molecule has 0 aliphatic rings. The van der Waals surface area contributed by atoms with Gasteiger partial charge in [0, 0.05) is 29.5 Å². The number of nitrogens with one attached hydrogen (secondary N) is 1. The van der Waals surface area contributed by atoms with Crippen molar-refractivity contribution in [3.63, 3.8) is 0 Å². The fourth-order valence-electron chi connectivity index (χ4n) is 3.48. The Kier molecular flexibility index (Phi) is 8.63.